The fourth-order valence-electron chi connectivity index (χ4n) is 3.19. The number of nitro benzene ring substituents is 1. The van der Waals surface area contributed by atoms with E-state index in [1.807, 2.05) is 24.3 Å². The van der Waals surface area contributed by atoms with Crippen molar-refractivity contribution < 1.29 is 14.5 Å². The highest BCUT2D eigenvalue weighted by Gasteiger charge is 2.38. The molecule has 7 heteroatoms. The number of fused-ring (bicyclic) bond motifs is 1. The van der Waals surface area contributed by atoms with Crippen LogP contribution in [0.25, 0.3) is 0 Å². The summed E-state index contributed by atoms with van der Waals surface area (Å²) in [5, 5.41) is 14.2. The number of halogens is 1. The first-order valence-corrected chi connectivity index (χ1v) is 8.16. The van der Waals surface area contributed by atoms with E-state index in [-0.39, 0.29) is 22.8 Å². The Bertz CT molecular complexity index is 813. The molecule has 1 aliphatic rings. The van der Waals surface area contributed by atoms with E-state index < -0.39 is 16.4 Å². The summed E-state index contributed by atoms with van der Waals surface area (Å²) in [4.78, 5) is 23.0. The molecule has 0 atom stereocenters. The second-order valence-electron chi connectivity index (χ2n) is 6.11. The van der Waals surface area contributed by atoms with Crippen molar-refractivity contribution in [3.63, 3.8) is 0 Å². The van der Waals surface area contributed by atoms with Crippen molar-refractivity contribution in [1.82, 2.24) is 5.32 Å². The maximum atomic E-state index is 12.5. The van der Waals surface area contributed by atoms with Gasteiger partial charge in [-0.3, -0.25) is 14.9 Å². The lowest BCUT2D eigenvalue weighted by molar-refractivity contribution is -0.385. The van der Waals surface area contributed by atoms with Crippen LogP contribution >= 0.6 is 11.6 Å². The van der Waals surface area contributed by atoms with Gasteiger partial charge in [0, 0.05) is 37.6 Å². The van der Waals surface area contributed by atoms with Gasteiger partial charge >= 0.3 is 0 Å². The molecule has 0 fully saturated rings. The van der Waals surface area contributed by atoms with Crippen molar-refractivity contribution in [3.05, 3.63) is 74.3 Å². The highest BCUT2D eigenvalue weighted by Crippen LogP contribution is 2.32. The van der Waals surface area contributed by atoms with Gasteiger partial charge in [-0.1, -0.05) is 35.9 Å². The SMILES string of the molecule is COC1(CNC(=O)c2cc(Cl)ccc2[N+](=O)[O-])Cc2ccccc2C1. The van der Waals surface area contributed by atoms with E-state index in [1.165, 1.54) is 29.3 Å². The molecule has 1 N–H and O–H groups in total. The minimum atomic E-state index is -0.594. The molecular formula is C18H17ClN2O4. The molecule has 1 amide bonds. The minimum Gasteiger partial charge on any atom is -0.376 e. The third-order valence-corrected chi connectivity index (χ3v) is 4.78. The van der Waals surface area contributed by atoms with Gasteiger partial charge < -0.3 is 10.1 Å². The third kappa shape index (κ3) is 3.50. The molecule has 130 valence electrons. The van der Waals surface area contributed by atoms with Gasteiger partial charge in [0.2, 0.25) is 0 Å². The van der Waals surface area contributed by atoms with Crippen LogP contribution in [0.4, 0.5) is 5.69 Å². The lowest BCUT2D eigenvalue weighted by Gasteiger charge is -2.27. The van der Waals surface area contributed by atoms with Crippen molar-refractivity contribution in [2.24, 2.45) is 0 Å². The number of hydrogen-bond acceptors (Lipinski definition) is 4. The molecule has 0 heterocycles. The van der Waals surface area contributed by atoms with E-state index in [0.717, 1.165) is 0 Å². The first-order valence-electron chi connectivity index (χ1n) is 7.78. The third-order valence-electron chi connectivity index (χ3n) is 4.55. The van der Waals surface area contributed by atoms with Gasteiger partial charge in [-0.05, 0) is 23.3 Å². The van der Waals surface area contributed by atoms with E-state index in [9.17, 15) is 14.9 Å². The predicted molar refractivity (Wildman–Crippen MR) is 94.0 cm³/mol. The summed E-state index contributed by atoms with van der Waals surface area (Å²) in [5.41, 5.74) is 1.49. The van der Waals surface area contributed by atoms with E-state index in [2.05, 4.69) is 5.32 Å². The Labute approximate surface area is 149 Å². The maximum Gasteiger partial charge on any atom is 0.282 e. The molecule has 2 aromatic carbocycles. The highest BCUT2D eigenvalue weighted by atomic mass is 35.5. The van der Waals surface area contributed by atoms with Crippen molar-refractivity contribution in [2.75, 3.05) is 13.7 Å². The van der Waals surface area contributed by atoms with Gasteiger partial charge in [-0.15, -0.1) is 0 Å². The van der Waals surface area contributed by atoms with E-state index in [4.69, 9.17) is 16.3 Å². The van der Waals surface area contributed by atoms with Gasteiger partial charge in [-0.2, -0.15) is 0 Å². The Morgan fingerprint density at radius 3 is 2.48 bits per heavy atom. The monoisotopic (exact) mass is 360 g/mol. The molecule has 6 nitrogen and oxygen atoms in total. The molecule has 0 bridgehead atoms. The summed E-state index contributed by atoms with van der Waals surface area (Å²) in [7, 11) is 1.61. The van der Waals surface area contributed by atoms with Gasteiger partial charge in [-0.25, -0.2) is 0 Å². The van der Waals surface area contributed by atoms with E-state index >= 15 is 0 Å². The molecule has 0 unspecified atom stereocenters. The standard InChI is InChI=1S/C18H17ClN2O4/c1-25-18(9-12-4-2-3-5-13(12)10-18)11-20-17(22)15-8-14(19)6-7-16(15)21(23)24/h2-8H,9-11H2,1H3,(H,20,22). The van der Waals surface area contributed by atoms with Crippen LogP contribution in [0, 0.1) is 10.1 Å². The van der Waals surface area contributed by atoms with Gasteiger partial charge in [0.15, 0.2) is 0 Å². The number of amides is 1. The number of nitro groups is 1. The molecule has 0 aromatic heterocycles. The van der Waals surface area contributed by atoms with Crippen LogP contribution in [0.1, 0.15) is 21.5 Å². The Balaban J connectivity index is 1.77. The average molecular weight is 361 g/mol. The number of rotatable bonds is 5. The van der Waals surface area contributed by atoms with Crippen LogP contribution in [-0.2, 0) is 17.6 Å². The summed E-state index contributed by atoms with van der Waals surface area (Å²) in [5.74, 6) is -0.540. The number of methoxy groups -OCH3 is 1. The second kappa shape index (κ2) is 6.82. The second-order valence-corrected chi connectivity index (χ2v) is 6.55. The number of hydrogen-bond donors (Lipinski definition) is 1. The van der Waals surface area contributed by atoms with E-state index in [1.54, 1.807) is 7.11 Å². The van der Waals surface area contributed by atoms with Crippen molar-refractivity contribution in [1.29, 1.82) is 0 Å². The number of carbonyl (C=O) groups excluding carboxylic acids is 1. The summed E-state index contributed by atoms with van der Waals surface area (Å²) >= 11 is 5.88. The summed E-state index contributed by atoms with van der Waals surface area (Å²) in [6.07, 6.45) is 1.36. The number of benzene rings is 2. The maximum absolute atomic E-state index is 12.5. The number of nitrogens with one attached hydrogen (secondary N) is 1. The molecular weight excluding hydrogens is 344 g/mol. The van der Waals surface area contributed by atoms with Gasteiger partial charge in [0.25, 0.3) is 11.6 Å². The topological polar surface area (TPSA) is 81.5 Å². The average Bonchev–Trinajstić information content (AvgIpc) is 2.98. The lowest BCUT2D eigenvalue weighted by atomic mass is 9.99. The molecule has 0 saturated heterocycles. The predicted octanol–water partition coefficient (Wildman–Crippen LogP) is 3.16. The fraction of sp³-hybridized carbons (Fsp3) is 0.278. The first-order chi connectivity index (χ1) is 11.9. The molecule has 0 saturated carbocycles. The van der Waals surface area contributed by atoms with Crippen LogP contribution in [-0.4, -0.2) is 30.1 Å². The van der Waals surface area contributed by atoms with Crippen LogP contribution in [0.15, 0.2) is 42.5 Å². The summed E-state index contributed by atoms with van der Waals surface area (Å²) in [6.45, 7) is 0.251. The van der Waals surface area contributed by atoms with E-state index in [0.29, 0.717) is 12.8 Å². The van der Waals surface area contributed by atoms with Crippen LogP contribution < -0.4 is 5.32 Å². The lowest BCUT2D eigenvalue weighted by Crippen LogP contribution is -2.45. The molecule has 1 aliphatic carbocycles. The zero-order chi connectivity index (χ0) is 18.0. The number of carbonyl (C=O) groups is 1. The smallest absolute Gasteiger partial charge is 0.282 e. The van der Waals surface area contributed by atoms with Crippen molar-refractivity contribution in [3.8, 4) is 0 Å². The Hall–Kier alpha value is -2.44. The van der Waals surface area contributed by atoms with Gasteiger partial charge in [0.05, 0.1) is 10.5 Å². The highest BCUT2D eigenvalue weighted by molar-refractivity contribution is 6.31. The molecule has 3 rings (SSSR count). The fourth-order valence-corrected chi connectivity index (χ4v) is 3.36. The summed E-state index contributed by atoms with van der Waals surface area (Å²) in [6, 6.07) is 11.9. The van der Waals surface area contributed by atoms with Crippen LogP contribution in [0.3, 0.4) is 0 Å². The molecule has 0 spiro atoms. The Morgan fingerprint density at radius 2 is 1.92 bits per heavy atom. The van der Waals surface area contributed by atoms with Crippen molar-refractivity contribution >= 4 is 23.2 Å². The molecule has 0 aliphatic heterocycles. The van der Waals surface area contributed by atoms with Gasteiger partial charge in [0.1, 0.15) is 5.56 Å². The number of nitrogens with zero attached hydrogens (tertiary/aromatic N) is 1. The largest absolute Gasteiger partial charge is 0.376 e. The normalized spacial score (nSPS) is 14.8. The zero-order valence-electron chi connectivity index (χ0n) is 13.6. The molecule has 0 radical (unpaired) electrons. The number of ether oxygens (including phenoxy) is 1. The molecule has 25 heavy (non-hydrogen) atoms. The minimum absolute atomic E-state index is 0.0562. The quantitative estimate of drug-likeness (QED) is 0.656. The Kier molecular flexibility index (Phi) is 4.74. The summed E-state index contributed by atoms with van der Waals surface area (Å²) < 4.78 is 5.69. The van der Waals surface area contributed by atoms with Crippen molar-refractivity contribution in [2.45, 2.75) is 18.4 Å². The first kappa shape index (κ1) is 17.4. The Morgan fingerprint density at radius 1 is 1.28 bits per heavy atom. The zero-order valence-corrected chi connectivity index (χ0v) is 14.4. The molecule has 2 aromatic rings. The van der Waals surface area contributed by atoms with Crippen LogP contribution in [0.5, 0.6) is 0 Å². The van der Waals surface area contributed by atoms with Crippen LogP contribution in [0.2, 0.25) is 5.02 Å².